The van der Waals surface area contributed by atoms with Crippen LogP contribution in [0.1, 0.15) is 46.1 Å². The molecule has 0 radical (unpaired) electrons. The molecule has 31 heavy (non-hydrogen) atoms. The number of hydrogen-bond donors (Lipinski definition) is 1. The van der Waals surface area contributed by atoms with E-state index in [1.165, 1.54) is 11.3 Å². The SMILES string of the molecule is CCOC(=O)c1c(NC(=O)CN(c2ccc(Br)c(C)c2)S(C)(=O)=O)sc2c1CCCC2. The highest BCUT2D eigenvalue weighted by atomic mass is 79.9. The maximum absolute atomic E-state index is 12.9. The number of fused-ring (bicyclic) bond motifs is 1. The summed E-state index contributed by atoms with van der Waals surface area (Å²) in [5, 5.41) is 3.20. The molecule has 1 heterocycles. The fourth-order valence-electron chi connectivity index (χ4n) is 3.55. The number of carbonyl (C=O) groups is 2. The van der Waals surface area contributed by atoms with E-state index in [1.54, 1.807) is 25.1 Å². The summed E-state index contributed by atoms with van der Waals surface area (Å²) in [6, 6.07) is 5.08. The number of carbonyl (C=O) groups excluding carboxylic acids is 2. The van der Waals surface area contributed by atoms with Gasteiger partial charge in [0.25, 0.3) is 0 Å². The lowest BCUT2D eigenvalue weighted by atomic mass is 9.95. The van der Waals surface area contributed by atoms with Crippen LogP contribution >= 0.6 is 27.3 Å². The van der Waals surface area contributed by atoms with Gasteiger partial charge >= 0.3 is 5.97 Å². The number of hydrogen-bond acceptors (Lipinski definition) is 6. The summed E-state index contributed by atoms with van der Waals surface area (Å²) in [5.41, 5.74) is 2.59. The zero-order valence-electron chi connectivity index (χ0n) is 17.7. The Morgan fingerprint density at radius 1 is 1.26 bits per heavy atom. The Morgan fingerprint density at radius 2 is 1.97 bits per heavy atom. The number of halogens is 1. The van der Waals surface area contributed by atoms with E-state index in [0.717, 1.165) is 56.7 Å². The second-order valence-electron chi connectivity index (χ2n) is 7.39. The molecule has 3 rings (SSSR count). The summed E-state index contributed by atoms with van der Waals surface area (Å²) >= 11 is 4.77. The number of rotatable bonds is 7. The molecule has 1 aromatic heterocycles. The maximum Gasteiger partial charge on any atom is 0.341 e. The van der Waals surface area contributed by atoms with Crippen molar-refractivity contribution in [1.82, 2.24) is 0 Å². The van der Waals surface area contributed by atoms with Gasteiger partial charge in [0.1, 0.15) is 11.5 Å². The molecule has 1 aliphatic carbocycles. The van der Waals surface area contributed by atoms with Crippen LogP contribution in [0.15, 0.2) is 22.7 Å². The molecule has 0 bridgehead atoms. The number of nitrogens with one attached hydrogen (secondary N) is 1. The molecule has 168 valence electrons. The van der Waals surface area contributed by atoms with E-state index >= 15 is 0 Å². The number of sulfonamides is 1. The summed E-state index contributed by atoms with van der Waals surface area (Å²) < 4.78 is 31.9. The lowest BCUT2D eigenvalue weighted by Crippen LogP contribution is -2.37. The Kier molecular flexibility index (Phi) is 7.43. The van der Waals surface area contributed by atoms with Crippen molar-refractivity contribution in [3.05, 3.63) is 44.2 Å². The molecular weight excluding hydrogens is 504 g/mol. The Bertz CT molecular complexity index is 1110. The second-order valence-corrected chi connectivity index (χ2v) is 11.3. The van der Waals surface area contributed by atoms with Gasteiger partial charge in [-0.25, -0.2) is 13.2 Å². The second kappa shape index (κ2) is 9.70. The molecule has 0 spiro atoms. The predicted molar refractivity (Wildman–Crippen MR) is 127 cm³/mol. The zero-order valence-corrected chi connectivity index (χ0v) is 20.9. The van der Waals surface area contributed by atoms with Gasteiger partial charge < -0.3 is 10.1 Å². The summed E-state index contributed by atoms with van der Waals surface area (Å²) in [5.74, 6) is -0.976. The summed E-state index contributed by atoms with van der Waals surface area (Å²) in [7, 11) is -3.70. The average molecular weight is 529 g/mol. The molecular formula is C21H25BrN2O5S2. The van der Waals surface area contributed by atoms with Gasteiger partial charge in [0.05, 0.1) is 24.1 Å². The first-order chi connectivity index (χ1) is 14.6. The van der Waals surface area contributed by atoms with Crippen molar-refractivity contribution in [2.45, 2.75) is 39.5 Å². The van der Waals surface area contributed by atoms with Crippen molar-refractivity contribution in [3.63, 3.8) is 0 Å². The van der Waals surface area contributed by atoms with Crippen LogP contribution < -0.4 is 9.62 Å². The van der Waals surface area contributed by atoms with Gasteiger partial charge in [0.15, 0.2) is 0 Å². The number of anilines is 2. The number of thiophene rings is 1. The van der Waals surface area contributed by atoms with Crippen molar-refractivity contribution < 1.29 is 22.7 Å². The topological polar surface area (TPSA) is 92.8 Å². The van der Waals surface area contributed by atoms with E-state index in [4.69, 9.17) is 4.74 Å². The lowest BCUT2D eigenvalue weighted by molar-refractivity contribution is -0.114. The fraction of sp³-hybridized carbons (Fsp3) is 0.429. The Balaban J connectivity index is 1.88. The van der Waals surface area contributed by atoms with Crippen molar-refractivity contribution in [1.29, 1.82) is 0 Å². The molecule has 0 aliphatic heterocycles. The minimum atomic E-state index is -3.70. The first-order valence-electron chi connectivity index (χ1n) is 9.97. The number of aryl methyl sites for hydroxylation is 2. The predicted octanol–water partition coefficient (Wildman–Crippen LogP) is 4.28. The lowest BCUT2D eigenvalue weighted by Gasteiger charge is -2.22. The molecule has 10 heteroatoms. The van der Waals surface area contributed by atoms with Gasteiger partial charge in [-0.05, 0) is 68.9 Å². The van der Waals surface area contributed by atoms with E-state index in [1.807, 2.05) is 6.92 Å². The molecule has 1 aromatic carbocycles. The molecule has 0 unspecified atom stereocenters. The Hall–Kier alpha value is -1.91. The molecule has 0 atom stereocenters. The number of esters is 1. The van der Waals surface area contributed by atoms with Gasteiger partial charge in [-0.1, -0.05) is 15.9 Å². The van der Waals surface area contributed by atoms with E-state index in [2.05, 4.69) is 21.2 Å². The molecule has 1 N–H and O–H groups in total. The van der Waals surface area contributed by atoms with Gasteiger partial charge in [-0.2, -0.15) is 0 Å². The normalized spacial score (nSPS) is 13.4. The molecule has 7 nitrogen and oxygen atoms in total. The third-order valence-corrected chi connectivity index (χ3v) is 8.26. The van der Waals surface area contributed by atoms with Crippen LogP contribution in [0.5, 0.6) is 0 Å². The summed E-state index contributed by atoms with van der Waals surface area (Å²) in [4.78, 5) is 26.5. The van der Waals surface area contributed by atoms with Crippen molar-refractivity contribution >= 4 is 59.9 Å². The van der Waals surface area contributed by atoms with Gasteiger partial charge in [0, 0.05) is 9.35 Å². The van der Waals surface area contributed by atoms with Crippen molar-refractivity contribution in [2.24, 2.45) is 0 Å². The Morgan fingerprint density at radius 3 is 2.61 bits per heavy atom. The van der Waals surface area contributed by atoms with Crippen molar-refractivity contribution in [2.75, 3.05) is 29.0 Å². The third-order valence-electron chi connectivity index (χ3n) is 5.02. The minimum absolute atomic E-state index is 0.238. The smallest absolute Gasteiger partial charge is 0.341 e. The highest BCUT2D eigenvalue weighted by Crippen LogP contribution is 2.38. The maximum atomic E-state index is 12.9. The minimum Gasteiger partial charge on any atom is -0.462 e. The molecule has 0 saturated carbocycles. The zero-order chi connectivity index (χ0) is 22.8. The van der Waals surface area contributed by atoms with Crippen LogP contribution in [0.4, 0.5) is 10.7 Å². The molecule has 1 aliphatic rings. The molecule has 2 aromatic rings. The first-order valence-corrected chi connectivity index (χ1v) is 13.4. The van der Waals surface area contributed by atoms with Crippen LogP contribution in [0, 0.1) is 6.92 Å². The van der Waals surface area contributed by atoms with Gasteiger partial charge in [-0.3, -0.25) is 9.10 Å². The summed E-state index contributed by atoms with van der Waals surface area (Å²) in [6.45, 7) is 3.42. The largest absolute Gasteiger partial charge is 0.462 e. The van der Waals surface area contributed by atoms with E-state index in [9.17, 15) is 18.0 Å². The van der Waals surface area contributed by atoms with Gasteiger partial charge in [-0.15, -0.1) is 11.3 Å². The van der Waals surface area contributed by atoms with Crippen molar-refractivity contribution in [3.8, 4) is 0 Å². The standard InChI is InChI=1S/C21H25BrN2O5S2/c1-4-29-21(26)19-15-7-5-6-8-17(15)30-20(19)23-18(25)12-24(31(3,27)28)14-9-10-16(22)13(2)11-14/h9-11H,4-8,12H2,1-3H3,(H,23,25). The fourth-order valence-corrected chi connectivity index (χ4v) is 5.94. The number of amides is 1. The third kappa shape index (κ3) is 5.48. The average Bonchev–Trinajstić information content (AvgIpc) is 3.05. The van der Waals surface area contributed by atoms with Crippen LogP contribution in [-0.2, 0) is 32.4 Å². The summed E-state index contributed by atoms with van der Waals surface area (Å²) in [6.07, 6.45) is 4.70. The van der Waals surface area contributed by atoms with Crippen LogP contribution in [0.3, 0.4) is 0 Å². The Labute approximate surface area is 195 Å². The monoisotopic (exact) mass is 528 g/mol. The number of ether oxygens (including phenoxy) is 1. The van der Waals surface area contributed by atoms with E-state index in [-0.39, 0.29) is 6.61 Å². The molecule has 0 fully saturated rings. The first kappa shape index (κ1) is 23.7. The molecule has 0 saturated heterocycles. The highest BCUT2D eigenvalue weighted by molar-refractivity contribution is 9.10. The highest BCUT2D eigenvalue weighted by Gasteiger charge is 2.28. The van der Waals surface area contributed by atoms with Gasteiger partial charge in [0.2, 0.25) is 15.9 Å². The van der Waals surface area contributed by atoms with Crippen LogP contribution in [0.2, 0.25) is 0 Å². The number of benzene rings is 1. The van der Waals surface area contributed by atoms with Crippen LogP contribution in [0.25, 0.3) is 0 Å². The van der Waals surface area contributed by atoms with Crippen LogP contribution in [-0.4, -0.2) is 39.7 Å². The number of nitrogens with zero attached hydrogens (tertiary/aromatic N) is 1. The quantitative estimate of drug-likeness (QED) is 0.541. The molecule has 1 amide bonds. The van der Waals surface area contributed by atoms with E-state index in [0.29, 0.717) is 16.3 Å². The van der Waals surface area contributed by atoms with E-state index < -0.39 is 28.4 Å².